The molecular weight excluding hydrogens is 268 g/mol. The third-order valence-corrected chi connectivity index (χ3v) is 3.64. The van der Waals surface area contributed by atoms with Crippen molar-refractivity contribution < 1.29 is 14.6 Å². The van der Waals surface area contributed by atoms with Gasteiger partial charge in [-0.3, -0.25) is 0 Å². The molecule has 1 fully saturated rings. The van der Waals surface area contributed by atoms with E-state index in [0.29, 0.717) is 18.0 Å². The molecule has 2 rings (SSSR count). The van der Waals surface area contributed by atoms with Gasteiger partial charge in [0, 0.05) is 0 Å². The highest BCUT2D eigenvalue weighted by molar-refractivity contribution is 5.91. The highest BCUT2D eigenvalue weighted by Gasteiger charge is 2.24. The van der Waals surface area contributed by atoms with Crippen molar-refractivity contribution in [3.63, 3.8) is 0 Å². The Hall–Kier alpha value is -1.75. The summed E-state index contributed by atoms with van der Waals surface area (Å²) in [5, 5.41) is 15.5. The zero-order valence-corrected chi connectivity index (χ0v) is 12.5. The Kier molecular flexibility index (Phi) is 5.87. The first-order chi connectivity index (χ1) is 10.2. The van der Waals surface area contributed by atoms with Gasteiger partial charge in [-0.25, -0.2) is 4.79 Å². The minimum atomic E-state index is -0.448. The van der Waals surface area contributed by atoms with E-state index in [-0.39, 0.29) is 12.1 Å². The number of hydrogen-bond acceptors (Lipinski definition) is 3. The minimum absolute atomic E-state index is 0.164. The Balaban J connectivity index is 1.92. The summed E-state index contributed by atoms with van der Waals surface area (Å²) in [4.78, 5) is 12.1. The number of nitrogens with one attached hydrogen (secondary N) is 2. The average molecular weight is 292 g/mol. The van der Waals surface area contributed by atoms with E-state index >= 15 is 0 Å². The second-order valence-corrected chi connectivity index (χ2v) is 5.40. The number of ether oxygens (including phenoxy) is 1. The Morgan fingerprint density at radius 2 is 2.10 bits per heavy atom. The van der Waals surface area contributed by atoms with E-state index < -0.39 is 6.10 Å². The van der Waals surface area contributed by atoms with Gasteiger partial charge in [-0.15, -0.1) is 0 Å². The Labute approximate surface area is 125 Å². The number of amides is 2. The van der Waals surface area contributed by atoms with Gasteiger partial charge in [-0.2, -0.15) is 0 Å². The monoisotopic (exact) mass is 292 g/mol. The van der Waals surface area contributed by atoms with Crippen LogP contribution in [0.15, 0.2) is 24.3 Å². The second kappa shape index (κ2) is 7.88. The Bertz CT molecular complexity index is 465. The third-order valence-electron chi connectivity index (χ3n) is 3.64. The van der Waals surface area contributed by atoms with Crippen molar-refractivity contribution in [2.75, 3.05) is 11.9 Å². The maximum Gasteiger partial charge on any atom is 0.319 e. The predicted octanol–water partition coefficient (Wildman–Crippen LogP) is 2.90. The minimum Gasteiger partial charge on any atom is -0.491 e. The number of aliphatic hydroxyl groups excluding tert-OH is 1. The average Bonchev–Trinajstić information content (AvgIpc) is 2.49. The standard InChI is InChI=1S/C16H24N2O3/c1-2-11-21-15-10-6-4-8-13(15)18-16(20)17-12-7-3-5-9-14(12)19/h4,6,8,10,12,14,19H,2-3,5,7,9,11H2,1H3,(H2,17,18,20). The van der Waals surface area contributed by atoms with Crippen LogP contribution in [-0.4, -0.2) is 29.9 Å². The van der Waals surface area contributed by atoms with Crippen molar-refractivity contribution in [2.24, 2.45) is 0 Å². The van der Waals surface area contributed by atoms with Gasteiger partial charge in [0.05, 0.1) is 24.4 Å². The highest BCUT2D eigenvalue weighted by Crippen LogP contribution is 2.24. The topological polar surface area (TPSA) is 70.6 Å². The molecule has 5 nitrogen and oxygen atoms in total. The van der Waals surface area contributed by atoms with E-state index in [1.54, 1.807) is 0 Å². The molecule has 0 aliphatic heterocycles. The molecule has 1 aromatic rings. The van der Waals surface area contributed by atoms with Gasteiger partial charge in [-0.1, -0.05) is 31.9 Å². The molecule has 116 valence electrons. The van der Waals surface area contributed by atoms with Gasteiger partial charge in [0.15, 0.2) is 0 Å². The Morgan fingerprint density at radius 1 is 1.33 bits per heavy atom. The molecule has 0 heterocycles. The van der Waals surface area contributed by atoms with Crippen molar-refractivity contribution in [1.82, 2.24) is 5.32 Å². The molecule has 0 saturated heterocycles. The maximum atomic E-state index is 12.1. The lowest BCUT2D eigenvalue weighted by Gasteiger charge is -2.28. The van der Waals surface area contributed by atoms with Crippen LogP contribution in [0.25, 0.3) is 0 Å². The lowest BCUT2D eigenvalue weighted by Crippen LogP contribution is -2.46. The van der Waals surface area contributed by atoms with Crippen LogP contribution in [0.4, 0.5) is 10.5 Å². The molecule has 1 aliphatic rings. The van der Waals surface area contributed by atoms with E-state index in [4.69, 9.17) is 4.74 Å². The molecular formula is C16H24N2O3. The number of rotatable bonds is 5. The maximum absolute atomic E-state index is 12.1. The van der Waals surface area contributed by atoms with Gasteiger partial charge < -0.3 is 20.5 Å². The number of para-hydroxylation sites is 2. The number of carbonyl (C=O) groups is 1. The smallest absolute Gasteiger partial charge is 0.319 e. The fourth-order valence-electron chi connectivity index (χ4n) is 2.51. The molecule has 5 heteroatoms. The zero-order valence-electron chi connectivity index (χ0n) is 12.5. The van der Waals surface area contributed by atoms with E-state index in [0.717, 1.165) is 32.1 Å². The number of anilines is 1. The summed E-state index contributed by atoms with van der Waals surface area (Å²) in [7, 11) is 0. The largest absolute Gasteiger partial charge is 0.491 e. The number of hydrogen-bond donors (Lipinski definition) is 3. The lowest BCUT2D eigenvalue weighted by atomic mass is 9.93. The van der Waals surface area contributed by atoms with Gasteiger partial charge in [0.25, 0.3) is 0 Å². The van der Waals surface area contributed by atoms with Crippen LogP contribution in [-0.2, 0) is 0 Å². The van der Waals surface area contributed by atoms with E-state index in [1.165, 1.54) is 0 Å². The molecule has 2 atom stereocenters. The summed E-state index contributed by atoms with van der Waals surface area (Å²) in [6.07, 6.45) is 4.10. The number of benzene rings is 1. The van der Waals surface area contributed by atoms with Crippen molar-refractivity contribution in [2.45, 2.75) is 51.2 Å². The summed E-state index contributed by atoms with van der Waals surface area (Å²) in [6.45, 7) is 2.65. The van der Waals surface area contributed by atoms with Gasteiger partial charge >= 0.3 is 6.03 Å². The molecule has 2 unspecified atom stereocenters. The SMILES string of the molecule is CCCOc1ccccc1NC(=O)NC1CCCCC1O. The number of carbonyl (C=O) groups excluding carboxylic acids is 1. The van der Waals surface area contributed by atoms with Gasteiger partial charge in [-0.05, 0) is 31.4 Å². The quantitative estimate of drug-likeness (QED) is 0.781. The molecule has 3 N–H and O–H groups in total. The molecule has 0 bridgehead atoms. The summed E-state index contributed by atoms with van der Waals surface area (Å²) in [5.41, 5.74) is 0.647. The second-order valence-electron chi connectivity index (χ2n) is 5.40. The highest BCUT2D eigenvalue weighted by atomic mass is 16.5. The fourth-order valence-corrected chi connectivity index (χ4v) is 2.51. The summed E-state index contributed by atoms with van der Waals surface area (Å²) in [5.74, 6) is 0.665. The molecule has 1 aromatic carbocycles. The van der Waals surface area contributed by atoms with Crippen LogP contribution in [0.2, 0.25) is 0 Å². The van der Waals surface area contributed by atoms with Crippen LogP contribution in [0.3, 0.4) is 0 Å². The first-order valence-corrected chi connectivity index (χ1v) is 7.68. The number of urea groups is 1. The third kappa shape index (κ3) is 4.63. The predicted molar refractivity (Wildman–Crippen MR) is 82.6 cm³/mol. The molecule has 1 saturated carbocycles. The van der Waals surface area contributed by atoms with E-state index in [2.05, 4.69) is 10.6 Å². The molecule has 1 aliphatic carbocycles. The molecule has 0 radical (unpaired) electrons. The van der Waals surface area contributed by atoms with Crippen LogP contribution in [0.5, 0.6) is 5.75 Å². The van der Waals surface area contributed by atoms with Gasteiger partial charge in [0.2, 0.25) is 0 Å². The van der Waals surface area contributed by atoms with Crippen LogP contribution in [0, 0.1) is 0 Å². The lowest BCUT2D eigenvalue weighted by molar-refractivity contribution is 0.0955. The van der Waals surface area contributed by atoms with Crippen molar-refractivity contribution in [3.8, 4) is 5.75 Å². The zero-order chi connectivity index (χ0) is 15.1. The normalized spacial score (nSPS) is 21.6. The molecule has 0 aromatic heterocycles. The van der Waals surface area contributed by atoms with Crippen LogP contribution >= 0.6 is 0 Å². The molecule has 2 amide bonds. The molecule has 0 spiro atoms. The van der Waals surface area contributed by atoms with Crippen molar-refractivity contribution in [3.05, 3.63) is 24.3 Å². The van der Waals surface area contributed by atoms with Crippen LogP contribution < -0.4 is 15.4 Å². The molecule has 21 heavy (non-hydrogen) atoms. The first kappa shape index (κ1) is 15.6. The summed E-state index contributed by atoms with van der Waals surface area (Å²) < 4.78 is 5.61. The van der Waals surface area contributed by atoms with E-state index in [9.17, 15) is 9.90 Å². The summed E-state index contributed by atoms with van der Waals surface area (Å²) in [6, 6.07) is 6.90. The fraction of sp³-hybridized carbons (Fsp3) is 0.562. The van der Waals surface area contributed by atoms with Crippen molar-refractivity contribution in [1.29, 1.82) is 0 Å². The van der Waals surface area contributed by atoms with E-state index in [1.807, 2.05) is 31.2 Å². The Morgan fingerprint density at radius 3 is 2.86 bits per heavy atom. The summed E-state index contributed by atoms with van der Waals surface area (Å²) >= 11 is 0. The van der Waals surface area contributed by atoms with Crippen molar-refractivity contribution >= 4 is 11.7 Å². The first-order valence-electron chi connectivity index (χ1n) is 7.68. The van der Waals surface area contributed by atoms with Crippen LogP contribution in [0.1, 0.15) is 39.0 Å². The van der Waals surface area contributed by atoms with Gasteiger partial charge in [0.1, 0.15) is 5.75 Å². The number of aliphatic hydroxyl groups is 1.